The van der Waals surface area contributed by atoms with Gasteiger partial charge in [-0.05, 0) is 32.9 Å². The van der Waals surface area contributed by atoms with E-state index in [1.165, 1.54) is 10.5 Å². The van der Waals surface area contributed by atoms with Gasteiger partial charge in [0.2, 0.25) is 0 Å². The van der Waals surface area contributed by atoms with Crippen molar-refractivity contribution in [3.05, 3.63) is 29.8 Å². The third-order valence-corrected chi connectivity index (χ3v) is 3.09. The van der Waals surface area contributed by atoms with Crippen molar-refractivity contribution < 1.29 is 4.79 Å². The fourth-order valence-electron chi connectivity index (χ4n) is 0.976. The van der Waals surface area contributed by atoms with Crippen LogP contribution in [0, 0.1) is 6.92 Å². The van der Waals surface area contributed by atoms with Crippen molar-refractivity contribution in [3.63, 3.8) is 0 Å². The van der Waals surface area contributed by atoms with Crippen LogP contribution < -0.4 is 0 Å². The van der Waals surface area contributed by atoms with Crippen molar-refractivity contribution in [3.8, 4) is 0 Å². The molecule has 2 heteroatoms. The predicted molar refractivity (Wildman–Crippen MR) is 68.5 cm³/mol. The molecule has 0 radical (unpaired) electrons. The molecule has 1 rings (SSSR count). The first-order valence-corrected chi connectivity index (χ1v) is 6.21. The Balaban J connectivity index is 0.000000921. The van der Waals surface area contributed by atoms with Gasteiger partial charge >= 0.3 is 0 Å². The monoisotopic (exact) mass is 224 g/mol. The fraction of sp³-hybridized carbons (Fsp3) is 0.462. The molecule has 0 aliphatic heterocycles. The van der Waals surface area contributed by atoms with Gasteiger partial charge in [0.25, 0.3) is 0 Å². The summed E-state index contributed by atoms with van der Waals surface area (Å²) in [5, 5.41) is 0.0572. The Morgan fingerprint density at radius 3 is 2.40 bits per heavy atom. The minimum absolute atomic E-state index is 0.0572. The minimum Gasteiger partial charge on any atom is -0.299 e. The normalized spacial score (nSPS) is 11.3. The predicted octanol–water partition coefficient (Wildman–Crippen LogP) is 4.09. The van der Waals surface area contributed by atoms with E-state index in [-0.39, 0.29) is 11.0 Å². The highest BCUT2D eigenvalue weighted by atomic mass is 32.2. The van der Waals surface area contributed by atoms with Gasteiger partial charge in [0.05, 0.1) is 5.25 Å². The van der Waals surface area contributed by atoms with Crippen LogP contribution in [-0.4, -0.2) is 11.0 Å². The van der Waals surface area contributed by atoms with E-state index in [4.69, 9.17) is 0 Å². The maximum absolute atomic E-state index is 11.0. The standard InChI is InChI=1S/C11H14OS.C2H6/c1-8-5-4-6-11(7-8)13-10(3)9(2)12;1-2/h4-7,10H,1-3H3;1-2H3. The number of hydrogen-bond donors (Lipinski definition) is 0. The van der Waals surface area contributed by atoms with Crippen molar-refractivity contribution >= 4 is 17.5 Å². The minimum atomic E-state index is 0.0572. The lowest BCUT2D eigenvalue weighted by Gasteiger charge is -2.07. The summed E-state index contributed by atoms with van der Waals surface area (Å²) in [4.78, 5) is 12.2. The van der Waals surface area contributed by atoms with Gasteiger partial charge < -0.3 is 0 Å². The zero-order valence-corrected chi connectivity index (χ0v) is 11.0. The van der Waals surface area contributed by atoms with E-state index in [0.29, 0.717) is 0 Å². The maximum Gasteiger partial charge on any atom is 0.142 e. The highest BCUT2D eigenvalue weighted by molar-refractivity contribution is 8.00. The summed E-state index contributed by atoms with van der Waals surface area (Å²) in [7, 11) is 0. The van der Waals surface area contributed by atoms with Crippen molar-refractivity contribution in [1.29, 1.82) is 0 Å². The maximum atomic E-state index is 11.0. The van der Waals surface area contributed by atoms with Gasteiger partial charge in [0.1, 0.15) is 5.78 Å². The van der Waals surface area contributed by atoms with Crippen molar-refractivity contribution in [2.24, 2.45) is 0 Å². The lowest BCUT2D eigenvalue weighted by Crippen LogP contribution is -2.07. The Bertz CT molecular complexity index is 307. The molecule has 0 aliphatic carbocycles. The first kappa shape index (κ1) is 14.2. The summed E-state index contributed by atoms with van der Waals surface area (Å²) in [5.74, 6) is 0.228. The van der Waals surface area contributed by atoms with Gasteiger partial charge in [-0.3, -0.25) is 4.79 Å². The van der Waals surface area contributed by atoms with Crippen LogP contribution in [0.1, 0.15) is 33.3 Å². The number of benzene rings is 1. The van der Waals surface area contributed by atoms with Crippen LogP contribution in [0.3, 0.4) is 0 Å². The molecule has 0 fully saturated rings. The number of aryl methyl sites for hydroxylation is 1. The van der Waals surface area contributed by atoms with Gasteiger partial charge in [-0.1, -0.05) is 31.5 Å². The Morgan fingerprint density at radius 2 is 1.93 bits per heavy atom. The third kappa shape index (κ3) is 5.63. The van der Waals surface area contributed by atoms with Crippen LogP contribution in [0.4, 0.5) is 0 Å². The molecule has 0 saturated carbocycles. The highest BCUT2D eigenvalue weighted by Gasteiger charge is 2.08. The number of ketones is 1. The molecular weight excluding hydrogens is 204 g/mol. The second-order valence-electron chi connectivity index (χ2n) is 3.19. The van der Waals surface area contributed by atoms with Crippen LogP contribution >= 0.6 is 11.8 Å². The molecule has 0 aromatic heterocycles. The smallest absolute Gasteiger partial charge is 0.142 e. The Morgan fingerprint density at radius 1 is 1.33 bits per heavy atom. The summed E-state index contributed by atoms with van der Waals surface area (Å²) in [6, 6.07) is 8.22. The van der Waals surface area contributed by atoms with Crippen LogP contribution in [0.5, 0.6) is 0 Å². The van der Waals surface area contributed by atoms with E-state index in [0.717, 1.165) is 0 Å². The summed E-state index contributed by atoms with van der Waals surface area (Å²) in [6.45, 7) is 9.63. The van der Waals surface area contributed by atoms with Crippen molar-refractivity contribution in [1.82, 2.24) is 0 Å². The van der Waals surface area contributed by atoms with Gasteiger partial charge in [-0.15, -0.1) is 11.8 Å². The van der Waals surface area contributed by atoms with Gasteiger partial charge in [0, 0.05) is 4.90 Å². The van der Waals surface area contributed by atoms with Crippen LogP contribution in [0.25, 0.3) is 0 Å². The van der Waals surface area contributed by atoms with E-state index in [2.05, 4.69) is 19.1 Å². The molecule has 0 aliphatic rings. The number of carbonyl (C=O) groups is 1. The zero-order chi connectivity index (χ0) is 11.8. The highest BCUT2D eigenvalue weighted by Crippen LogP contribution is 2.24. The largest absolute Gasteiger partial charge is 0.299 e. The van der Waals surface area contributed by atoms with Crippen molar-refractivity contribution in [2.75, 3.05) is 0 Å². The van der Waals surface area contributed by atoms with Crippen LogP contribution in [0.15, 0.2) is 29.2 Å². The topological polar surface area (TPSA) is 17.1 Å². The Hall–Kier alpha value is -0.760. The molecule has 1 aromatic carbocycles. The molecule has 84 valence electrons. The van der Waals surface area contributed by atoms with Gasteiger partial charge in [-0.2, -0.15) is 0 Å². The zero-order valence-electron chi connectivity index (χ0n) is 10.2. The van der Waals surface area contributed by atoms with E-state index < -0.39 is 0 Å². The first-order valence-electron chi connectivity index (χ1n) is 5.33. The lowest BCUT2D eigenvalue weighted by molar-refractivity contribution is -0.116. The quantitative estimate of drug-likeness (QED) is 0.719. The molecule has 0 bridgehead atoms. The summed E-state index contributed by atoms with van der Waals surface area (Å²) in [6.07, 6.45) is 0. The summed E-state index contributed by atoms with van der Waals surface area (Å²) < 4.78 is 0. The van der Waals surface area contributed by atoms with Crippen molar-refractivity contribution in [2.45, 2.75) is 44.8 Å². The van der Waals surface area contributed by atoms with Gasteiger partial charge in [-0.25, -0.2) is 0 Å². The number of rotatable bonds is 3. The number of thioether (sulfide) groups is 1. The second kappa shape index (κ2) is 7.52. The molecule has 0 spiro atoms. The van der Waals surface area contributed by atoms with E-state index in [1.54, 1.807) is 18.7 Å². The molecule has 1 atom stereocenters. The third-order valence-electron chi connectivity index (χ3n) is 1.87. The lowest BCUT2D eigenvalue weighted by atomic mass is 10.2. The van der Waals surface area contributed by atoms with Crippen LogP contribution in [0.2, 0.25) is 0 Å². The summed E-state index contributed by atoms with van der Waals surface area (Å²) >= 11 is 1.62. The molecule has 1 nitrogen and oxygen atoms in total. The molecule has 0 heterocycles. The van der Waals surface area contributed by atoms with E-state index in [1.807, 2.05) is 32.9 Å². The molecular formula is C13H20OS. The molecule has 0 saturated heterocycles. The van der Waals surface area contributed by atoms with E-state index in [9.17, 15) is 4.79 Å². The number of Topliss-reactive ketones (excluding diaryl/α,β-unsaturated/α-hetero) is 1. The SMILES string of the molecule is CC.CC(=O)C(C)Sc1cccc(C)c1. The van der Waals surface area contributed by atoms with E-state index >= 15 is 0 Å². The molecule has 0 amide bonds. The first-order chi connectivity index (χ1) is 7.09. The molecule has 1 unspecified atom stereocenters. The number of hydrogen-bond acceptors (Lipinski definition) is 2. The molecule has 0 N–H and O–H groups in total. The molecule has 15 heavy (non-hydrogen) atoms. The summed E-state index contributed by atoms with van der Waals surface area (Å²) in [5.41, 5.74) is 1.24. The average molecular weight is 224 g/mol. The number of carbonyl (C=O) groups excluding carboxylic acids is 1. The fourth-order valence-corrected chi connectivity index (χ4v) is 1.96. The second-order valence-corrected chi connectivity index (χ2v) is 4.60. The average Bonchev–Trinajstić information content (AvgIpc) is 2.20. The Kier molecular flexibility index (Phi) is 7.14. The Labute approximate surface area is 97.3 Å². The van der Waals surface area contributed by atoms with Crippen LogP contribution in [-0.2, 0) is 4.79 Å². The molecule has 1 aromatic rings. The van der Waals surface area contributed by atoms with Gasteiger partial charge in [0.15, 0.2) is 0 Å².